The number of nitrogens with one attached hydrogen (secondary N) is 1. The van der Waals surface area contributed by atoms with Crippen LogP contribution in [0.3, 0.4) is 0 Å². The molecule has 24 heavy (non-hydrogen) atoms. The molecule has 1 amide bonds. The summed E-state index contributed by atoms with van der Waals surface area (Å²) in [7, 11) is 3.90. The monoisotopic (exact) mass is 340 g/mol. The molecule has 0 aliphatic carbocycles. The second kappa shape index (κ2) is 7.55. The first kappa shape index (κ1) is 16.6. The van der Waals surface area contributed by atoms with Crippen molar-refractivity contribution < 1.29 is 9.69 Å². The quantitative estimate of drug-likeness (QED) is 0.745. The minimum atomic E-state index is 0.141. The first-order valence-corrected chi connectivity index (χ1v) is 8.87. The third-order valence-electron chi connectivity index (χ3n) is 3.94. The lowest BCUT2D eigenvalue weighted by molar-refractivity contribution is -0.885. The Kier molecular flexibility index (Phi) is 5.23. The molecule has 0 aliphatic rings. The van der Waals surface area contributed by atoms with E-state index in [9.17, 15) is 4.79 Å². The molecule has 1 aromatic heterocycles. The number of likely N-dealkylation sites (N-methyl/N-ethyl adjacent to an activating group) is 2. The Morgan fingerprint density at radius 1 is 1.12 bits per heavy atom. The van der Waals surface area contributed by atoms with Gasteiger partial charge in [-0.1, -0.05) is 42.5 Å². The van der Waals surface area contributed by atoms with Crippen LogP contribution in [-0.2, 0) is 17.9 Å². The lowest BCUT2D eigenvalue weighted by Gasteiger charge is -2.19. The Hall–Kier alpha value is -2.24. The molecule has 0 fully saturated rings. The number of benzene rings is 2. The summed E-state index contributed by atoms with van der Waals surface area (Å²) in [5, 5.41) is 0.979. The third kappa shape index (κ3) is 4.19. The van der Waals surface area contributed by atoms with E-state index >= 15 is 0 Å². The van der Waals surface area contributed by atoms with E-state index in [0.29, 0.717) is 13.1 Å². The van der Waals surface area contributed by atoms with Crippen LogP contribution in [0, 0.1) is 0 Å². The zero-order chi connectivity index (χ0) is 16.9. The minimum Gasteiger partial charge on any atom is -0.334 e. The molecule has 5 heteroatoms. The van der Waals surface area contributed by atoms with Gasteiger partial charge in [-0.3, -0.25) is 4.79 Å². The number of amides is 1. The molecule has 4 nitrogen and oxygen atoms in total. The number of para-hydroxylation sites is 1. The number of rotatable bonds is 6. The number of carbonyl (C=O) groups is 1. The summed E-state index contributed by atoms with van der Waals surface area (Å²) < 4.78 is 1.17. The van der Waals surface area contributed by atoms with Crippen molar-refractivity contribution in [2.24, 2.45) is 0 Å². The standard InChI is InChI=1S/C19H21N3OS/c1-21(12-15-8-4-3-5-9-15)14-19(23)22(2)13-18-20-16-10-6-7-11-17(16)24-18/h3-11H,12-14H2,1-2H3/p+1. The number of fused-ring (bicyclic) bond motifs is 1. The third-order valence-corrected chi connectivity index (χ3v) is 4.96. The lowest BCUT2D eigenvalue weighted by atomic mass is 10.2. The van der Waals surface area contributed by atoms with Crippen molar-refractivity contribution in [1.29, 1.82) is 0 Å². The van der Waals surface area contributed by atoms with Crippen LogP contribution in [-0.4, -0.2) is 36.4 Å². The minimum absolute atomic E-state index is 0.141. The number of quaternary nitrogens is 1. The lowest BCUT2D eigenvalue weighted by Crippen LogP contribution is -3.08. The topological polar surface area (TPSA) is 37.6 Å². The van der Waals surface area contributed by atoms with Gasteiger partial charge in [0.05, 0.1) is 23.8 Å². The smallest absolute Gasteiger partial charge is 0.277 e. The Bertz CT molecular complexity index is 783. The predicted molar refractivity (Wildman–Crippen MR) is 98.0 cm³/mol. The summed E-state index contributed by atoms with van der Waals surface area (Å²) in [6.45, 7) is 1.90. The van der Waals surface area contributed by atoms with Gasteiger partial charge < -0.3 is 9.80 Å². The van der Waals surface area contributed by atoms with E-state index in [-0.39, 0.29) is 5.91 Å². The zero-order valence-electron chi connectivity index (χ0n) is 14.0. The van der Waals surface area contributed by atoms with E-state index < -0.39 is 0 Å². The molecule has 2 aromatic carbocycles. The van der Waals surface area contributed by atoms with Crippen molar-refractivity contribution in [3.05, 3.63) is 65.2 Å². The highest BCUT2D eigenvalue weighted by atomic mass is 32.1. The van der Waals surface area contributed by atoms with Gasteiger partial charge in [0.2, 0.25) is 0 Å². The van der Waals surface area contributed by atoms with Crippen molar-refractivity contribution in [3.8, 4) is 0 Å². The van der Waals surface area contributed by atoms with Gasteiger partial charge >= 0.3 is 0 Å². The number of nitrogens with zero attached hydrogens (tertiary/aromatic N) is 2. The molecule has 3 rings (SSSR count). The highest BCUT2D eigenvalue weighted by Crippen LogP contribution is 2.22. The molecule has 1 heterocycles. The van der Waals surface area contributed by atoms with Crippen LogP contribution in [0.5, 0.6) is 0 Å². The Labute approximate surface area is 146 Å². The normalized spacial score (nSPS) is 12.2. The highest BCUT2D eigenvalue weighted by molar-refractivity contribution is 7.18. The fourth-order valence-corrected chi connectivity index (χ4v) is 3.70. The van der Waals surface area contributed by atoms with E-state index in [1.165, 1.54) is 15.2 Å². The van der Waals surface area contributed by atoms with Crippen molar-refractivity contribution in [2.75, 3.05) is 20.6 Å². The SMILES string of the molecule is CN(Cc1nc2ccccc2s1)C(=O)C[NH+](C)Cc1ccccc1. The first-order valence-electron chi connectivity index (χ1n) is 8.05. The second-order valence-electron chi connectivity index (χ2n) is 6.12. The van der Waals surface area contributed by atoms with Gasteiger partial charge in [0, 0.05) is 12.6 Å². The van der Waals surface area contributed by atoms with E-state index in [1.54, 1.807) is 16.2 Å². The molecule has 0 saturated heterocycles. The molecular weight excluding hydrogens is 318 g/mol. The summed E-state index contributed by atoms with van der Waals surface area (Å²) in [4.78, 5) is 20.0. The van der Waals surface area contributed by atoms with E-state index in [2.05, 4.69) is 30.2 Å². The molecule has 0 saturated carbocycles. The predicted octanol–water partition coefficient (Wildman–Crippen LogP) is 1.97. The average Bonchev–Trinajstić information content (AvgIpc) is 2.97. The van der Waals surface area contributed by atoms with Crippen molar-refractivity contribution >= 4 is 27.5 Å². The largest absolute Gasteiger partial charge is 0.334 e. The van der Waals surface area contributed by atoms with E-state index in [4.69, 9.17) is 0 Å². The van der Waals surface area contributed by atoms with E-state index in [0.717, 1.165) is 17.1 Å². The van der Waals surface area contributed by atoms with Crippen LogP contribution in [0.2, 0.25) is 0 Å². The molecule has 0 radical (unpaired) electrons. The molecule has 3 aromatic rings. The summed E-state index contributed by atoms with van der Waals surface area (Å²) >= 11 is 1.65. The number of carbonyl (C=O) groups excluding carboxylic acids is 1. The Morgan fingerprint density at radius 3 is 2.58 bits per heavy atom. The van der Waals surface area contributed by atoms with Crippen LogP contribution in [0.25, 0.3) is 10.2 Å². The van der Waals surface area contributed by atoms with Crippen LogP contribution >= 0.6 is 11.3 Å². The molecule has 1 N–H and O–H groups in total. The summed E-state index contributed by atoms with van der Waals surface area (Å²) in [5.41, 5.74) is 2.25. The molecule has 124 valence electrons. The van der Waals surface area contributed by atoms with Crippen molar-refractivity contribution in [3.63, 3.8) is 0 Å². The molecule has 0 spiro atoms. The van der Waals surface area contributed by atoms with Gasteiger partial charge in [-0.25, -0.2) is 4.98 Å². The maximum absolute atomic E-state index is 12.4. The van der Waals surface area contributed by atoms with Gasteiger partial charge in [-0.05, 0) is 12.1 Å². The second-order valence-corrected chi connectivity index (χ2v) is 7.24. The number of hydrogen-bond acceptors (Lipinski definition) is 3. The maximum atomic E-state index is 12.4. The van der Waals surface area contributed by atoms with Crippen LogP contribution in [0.4, 0.5) is 0 Å². The average molecular weight is 340 g/mol. The van der Waals surface area contributed by atoms with Gasteiger partial charge in [-0.2, -0.15) is 0 Å². The number of aromatic nitrogens is 1. The molecule has 1 unspecified atom stereocenters. The number of hydrogen-bond donors (Lipinski definition) is 1. The molecular formula is C19H22N3OS+. The number of thiazole rings is 1. The van der Waals surface area contributed by atoms with Crippen LogP contribution in [0.1, 0.15) is 10.6 Å². The van der Waals surface area contributed by atoms with Gasteiger partial charge in [0.25, 0.3) is 5.91 Å². The fourth-order valence-electron chi connectivity index (χ4n) is 2.68. The molecule has 1 atom stereocenters. The van der Waals surface area contributed by atoms with E-state index in [1.807, 2.05) is 43.4 Å². The molecule has 0 aliphatic heterocycles. The van der Waals surface area contributed by atoms with Crippen molar-refractivity contribution in [1.82, 2.24) is 9.88 Å². The van der Waals surface area contributed by atoms with Gasteiger partial charge in [0.1, 0.15) is 11.6 Å². The zero-order valence-corrected chi connectivity index (χ0v) is 14.8. The summed E-state index contributed by atoms with van der Waals surface area (Å²) in [6.07, 6.45) is 0. The van der Waals surface area contributed by atoms with Crippen LogP contribution < -0.4 is 4.90 Å². The molecule has 0 bridgehead atoms. The van der Waals surface area contributed by atoms with Crippen LogP contribution in [0.15, 0.2) is 54.6 Å². The highest BCUT2D eigenvalue weighted by Gasteiger charge is 2.16. The first-order chi connectivity index (χ1) is 11.6. The van der Waals surface area contributed by atoms with Gasteiger partial charge in [-0.15, -0.1) is 11.3 Å². The van der Waals surface area contributed by atoms with Crippen molar-refractivity contribution in [2.45, 2.75) is 13.1 Å². The Morgan fingerprint density at radius 2 is 1.83 bits per heavy atom. The summed E-state index contributed by atoms with van der Waals surface area (Å²) in [6, 6.07) is 18.3. The Balaban J connectivity index is 1.56. The van der Waals surface area contributed by atoms with Gasteiger partial charge in [0.15, 0.2) is 6.54 Å². The maximum Gasteiger partial charge on any atom is 0.277 e. The summed E-state index contributed by atoms with van der Waals surface area (Å²) in [5.74, 6) is 0.141. The fraction of sp³-hybridized carbons (Fsp3) is 0.263.